The van der Waals surface area contributed by atoms with E-state index in [1.807, 2.05) is 6.26 Å². The minimum absolute atomic E-state index is 0.0122. The van der Waals surface area contributed by atoms with Crippen LogP contribution in [0.5, 0.6) is 0 Å². The van der Waals surface area contributed by atoms with E-state index in [1.54, 1.807) is 12.1 Å². The summed E-state index contributed by atoms with van der Waals surface area (Å²) >= 11 is 1.46. The van der Waals surface area contributed by atoms with Crippen LogP contribution in [0.1, 0.15) is 23.0 Å². The Morgan fingerprint density at radius 3 is 2.43 bits per heavy atom. The van der Waals surface area contributed by atoms with E-state index >= 15 is 0 Å². The second-order valence-electron chi connectivity index (χ2n) is 5.72. The number of thioether (sulfide) groups is 1. The summed E-state index contributed by atoms with van der Waals surface area (Å²) in [6.45, 7) is 0. The number of H-pyrrole nitrogens is 1. The molecule has 1 aromatic heterocycles. The monoisotopic (exact) mass is 428 g/mol. The van der Waals surface area contributed by atoms with Crippen LogP contribution >= 0.6 is 11.8 Å². The van der Waals surface area contributed by atoms with Crippen molar-refractivity contribution in [3.8, 4) is 0 Å². The molecule has 0 aliphatic rings. The van der Waals surface area contributed by atoms with Gasteiger partial charge in [0.2, 0.25) is 10.0 Å². The molecule has 148 valence electrons. The lowest BCUT2D eigenvalue weighted by Gasteiger charge is -2.18. The molecule has 2 aromatic carbocycles. The Kier molecular flexibility index (Phi) is 5.77. The maximum Gasteiger partial charge on any atom is 0.416 e. The van der Waals surface area contributed by atoms with Crippen molar-refractivity contribution in [2.24, 2.45) is 0 Å². The van der Waals surface area contributed by atoms with Gasteiger partial charge in [-0.2, -0.15) is 23.0 Å². The normalized spacial score (nSPS) is 13.4. The predicted octanol–water partition coefficient (Wildman–Crippen LogP) is 3.61. The van der Waals surface area contributed by atoms with Gasteiger partial charge < -0.3 is 0 Å². The fourth-order valence-electron chi connectivity index (χ4n) is 2.51. The van der Waals surface area contributed by atoms with Crippen LogP contribution in [-0.4, -0.2) is 29.9 Å². The van der Waals surface area contributed by atoms with Crippen LogP contribution < -0.4 is 4.72 Å². The molecule has 1 atom stereocenters. The fraction of sp³-hybridized carbons (Fsp3) is 0.176. The lowest BCUT2D eigenvalue weighted by molar-refractivity contribution is -0.137. The first-order valence-corrected chi connectivity index (χ1v) is 10.6. The molecule has 0 amide bonds. The highest BCUT2D eigenvalue weighted by atomic mass is 32.2. The summed E-state index contributed by atoms with van der Waals surface area (Å²) in [5, 5.41) is 6.18. The van der Waals surface area contributed by atoms with Crippen molar-refractivity contribution >= 4 is 21.8 Å². The number of aromatic nitrogens is 3. The van der Waals surface area contributed by atoms with E-state index in [-0.39, 0.29) is 16.3 Å². The second-order valence-corrected chi connectivity index (χ2v) is 8.32. The Morgan fingerprint density at radius 1 is 1.14 bits per heavy atom. The molecule has 28 heavy (non-hydrogen) atoms. The molecule has 0 saturated carbocycles. The summed E-state index contributed by atoms with van der Waals surface area (Å²) in [6.07, 6.45) is -1.55. The molecule has 0 saturated heterocycles. The zero-order chi connectivity index (χ0) is 20.4. The number of hydrogen-bond donors (Lipinski definition) is 2. The molecular weight excluding hydrogens is 413 g/mol. The summed E-state index contributed by atoms with van der Waals surface area (Å²) in [5.74, 6) is 0.0728. The topological polar surface area (TPSA) is 87.7 Å². The predicted molar refractivity (Wildman–Crippen MR) is 98.2 cm³/mol. The summed E-state index contributed by atoms with van der Waals surface area (Å²) in [5.41, 5.74) is -0.811. The van der Waals surface area contributed by atoms with Crippen LogP contribution in [0.3, 0.4) is 0 Å². The van der Waals surface area contributed by atoms with Gasteiger partial charge in [-0.25, -0.2) is 13.4 Å². The lowest BCUT2D eigenvalue weighted by Crippen LogP contribution is -2.30. The second kappa shape index (κ2) is 7.94. The van der Waals surface area contributed by atoms with Crippen molar-refractivity contribution in [1.29, 1.82) is 0 Å². The first kappa shape index (κ1) is 20.4. The van der Waals surface area contributed by atoms with Gasteiger partial charge in [0.25, 0.3) is 0 Å². The zero-order valence-corrected chi connectivity index (χ0v) is 16.1. The van der Waals surface area contributed by atoms with E-state index in [4.69, 9.17) is 0 Å². The first-order chi connectivity index (χ1) is 13.2. The number of rotatable bonds is 6. The number of alkyl halides is 3. The Morgan fingerprint density at radius 2 is 1.86 bits per heavy atom. The van der Waals surface area contributed by atoms with Crippen molar-refractivity contribution < 1.29 is 21.6 Å². The smallest absolute Gasteiger partial charge is 0.262 e. The maximum absolute atomic E-state index is 13.1. The molecule has 0 bridgehead atoms. The molecule has 0 aliphatic carbocycles. The van der Waals surface area contributed by atoms with Gasteiger partial charge in [-0.05, 0) is 48.2 Å². The molecule has 1 heterocycles. The van der Waals surface area contributed by atoms with E-state index in [0.29, 0.717) is 0 Å². The van der Waals surface area contributed by atoms with E-state index in [2.05, 4.69) is 19.9 Å². The van der Waals surface area contributed by atoms with Gasteiger partial charge in [-0.3, -0.25) is 5.10 Å². The molecule has 0 spiro atoms. The quantitative estimate of drug-likeness (QED) is 0.586. The standard InChI is InChI=1S/C17H15F3N4O2S2/c1-27-13-5-7-14(8-6-13)28(25,26)24-15(16-21-10-22-23-16)11-3-2-4-12(9-11)17(18,19)20/h2-10,15,24H,1H3,(H,21,22,23)/t15-/m0/s1. The third-order valence-corrected chi connectivity index (χ3v) is 6.08. The van der Waals surface area contributed by atoms with Crippen molar-refractivity contribution in [2.45, 2.75) is 22.0 Å². The van der Waals surface area contributed by atoms with E-state index in [1.165, 1.54) is 36.0 Å². The molecular formula is C17H15F3N4O2S2. The largest absolute Gasteiger partial charge is 0.416 e. The average Bonchev–Trinajstić information content (AvgIpc) is 3.20. The summed E-state index contributed by atoms with van der Waals surface area (Å²) < 4.78 is 67.2. The maximum atomic E-state index is 13.1. The van der Waals surface area contributed by atoms with Crippen molar-refractivity contribution in [1.82, 2.24) is 19.9 Å². The lowest BCUT2D eigenvalue weighted by atomic mass is 10.0. The third kappa shape index (κ3) is 4.54. The molecule has 2 N–H and O–H groups in total. The zero-order valence-electron chi connectivity index (χ0n) is 14.4. The highest BCUT2D eigenvalue weighted by molar-refractivity contribution is 7.98. The summed E-state index contributed by atoms with van der Waals surface area (Å²) in [7, 11) is -4.04. The molecule has 6 nitrogen and oxygen atoms in total. The number of hydrogen-bond acceptors (Lipinski definition) is 5. The van der Waals surface area contributed by atoms with Crippen LogP contribution in [0.25, 0.3) is 0 Å². The van der Waals surface area contributed by atoms with Gasteiger partial charge in [0.1, 0.15) is 18.2 Å². The van der Waals surface area contributed by atoms with Crippen LogP contribution in [0.4, 0.5) is 13.2 Å². The number of halogens is 3. The van der Waals surface area contributed by atoms with E-state index in [9.17, 15) is 21.6 Å². The minimum Gasteiger partial charge on any atom is -0.262 e. The highest BCUT2D eigenvalue weighted by Crippen LogP contribution is 2.32. The van der Waals surface area contributed by atoms with Crippen LogP contribution in [0.2, 0.25) is 0 Å². The Labute approximate surface area is 163 Å². The fourth-order valence-corrected chi connectivity index (χ4v) is 4.11. The van der Waals surface area contributed by atoms with Gasteiger partial charge >= 0.3 is 6.18 Å². The van der Waals surface area contributed by atoms with Gasteiger partial charge in [-0.1, -0.05) is 12.1 Å². The summed E-state index contributed by atoms with van der Waals surface area (Å²) in [6, 6.07) is 9.37. The number of aromatic amines is 1. The molecule has 0 aliphatic heterocycles. The number of benzene rings is 2. The number of nitrogens with one attached hydrogen (secondary N) is 2. The molecule has 0 fully saturated rings. The van der Waals surface area contributed by atoms with Crippen LogP contribution in [0, 0.1) is 0 Å². The van der Waals surface area contributed by atoms with Crippen LogP contribution in [-0.2, 0) is 16.2 Å². The molecule has 11 heteroatoms. The van der Waals surface area contributed by atoms with Crippen molar-refractivity contribution in [3.63, 3.8) is 0 Å². The molecule has 3 rings (SSSR count). The average molecular weight is 428 g/mol. The van der Waals surface area contributed by atoms with E-state index in [0.717, 1.165) is 23.4 Å². The number of nitrogens with zero attached hydrogens (tertiary/aromatic N) is 2. The van der Waals surface area contributed by atoms with Gasteiger partial charge in [0.05, 0.1) is 10.5 Å². The van der Waals surface area contributed by atoms with Gasteiger partial charge in [0.15, 0.2) is 0 Å². The molecule has 0 radical (unpaired) electrons. The Balaban J connectivity index is 2.00. The summed E-state index contributed by atoms with van der Waals surface area (Å²) in [4.78, 5) is 4.78. The van der Waals surface area contributed by atoms with Gasteiger partial charge in [0, 0.05) is 4.90 Å². The van der Waals surface area contributed by atoms with Crippen molar-refractivity contribution in [2.75, 3.05) is 6.26 Å². The molecule has 3 aromatic rings. The molecule has 0 unspecified atom stereocenters. The van der Waals surface area contributed by atoms with Gasteiger partial charge in [-0.15, -0.1) is 11.8 Å². The van der Waals surface area contributed by atoms with E-state index < -0.39 is 27.8 Å². The SMILES string of the molecule is CSc1ccc(S(=O)(=O)N[C@@H](c2cccc(C(F)(F)F)c2)c2ncn[nH]2)cc1. The first-order valence-electron chi connectivity index (χ1n) is 7.89. The van der Waals surface area contributed by atoms with Crippen LogP contribution in [0.15, 0.2) is 64.6 Å². The third-order valence-electron chi connectivity index (χ3n) is 3.90. The van der Waals surface area contributed by atoms with Crippen molar-refractivity contribution in [3.05, 3.63) is 71.8 Å². The Bertz CT molecular complexity index is 1040. The Hall–Kier alpha value is -2.37. The highest BCUT2D eigenvalue weighted by Gasteiger charge is 2.32. The minimum atomic E-state index is -4.56. The number of sulfonamides is 1.